The largest absolute Gasteiger partial charge is 0.481 e. The third-order valence-electron chi connectivity index (χ3n) is 53.9. The molecule has 147 heavy (non-hydrogen) atoms. The third-order valence-corrected chi connectivity index (χ3v) is 54.3. The molecule has 0 spiro atoms. The van der Waals surface area contributed by atoms with Crippen LogP contribution in [0.4, 0.5) is 0 Å². The summed E-state index contributed by atoms with van der Waals surface area (Å²) in [5.41, 5.74) is 11.4. The molecule has 0 bridgehead atoms. The molecule has 21 heteroatoms. The van der Waals surface area contributed by atoms with Gasteiger partial charge in [-0.3, -0.25) is 38.4 Å². The highest BCUT2D eigenvalue weighted by molar-refractivity contribution is 6.64. The second-order valence-corrected chi connectivity index (χ2v) is 63.4. The fourth-order valence-corrected chi connectivity index (χ4v) is 46.2. The number of Topliss-reactive ketones (excluding diaryl/α,β-unsaturated/α-hetero) is 5. The van der Waals surface area contributed by atoms with E-state index in [-0.39, 0.29) is 184 Å². The molecule has 0 saturated heterocycles. The van der Waals surface area contributed by atoms with E-state index in [1.807, 2.05) is 24.8 Å². The lowest BCUT2D eigenvalue weighted by Gasteiger charge is -2.72. The molecule has 4 aromatic rings. The van der Waals surface area contributed by atoms with Gasteiger partial charge >= 0.3 is 18.2 Å². The van der Waals surface area contributed by atoms with Gasteiger partial charge in [-0.05, 0) is 375 Å². The molecule has 32 atom stereocenters. The first-order valence-corrected chi connectivity index (χ1v) is 58.6. The number of aromatic nitrogens is 4. The van der Waals surface area contributed by atoms with Crippen LogP contribution in [0.25, 0.3) is 5.53 Å². The van der Waals surface area contributed by atoms with Crippen molar-refractivity contribution in [1.29, 1.82) is 0 Å². The summed E-state index contributed by atoms with van der Waals surface area (Å²) >= 11 is 6.43. The number of ketones is 5. The predicted octanol–water partition coefficient (Wildman–Crippen LogP) is 27.9. The molecule has 4 aromatic heterocycles. The van der Waals surface area contributed by atoms with Gasteiger partial charge in [0.1, 0.15) is 46.2 Å². The molecule has 16 fully saturated rings. The molecule has 0 unspecified atom stereocenters. The molecule has 20 nitrogen and oxygen atoms in total. The van der Waals surface area contributed by atoms with Gasteiger partial charge in [0.2, 0.25) is 11.0 Å². The quantitative estimate of drug-likeness (QED) is 0.0638. The topological polar surface area (TPSA) is 307 Å². The maximum atomic E-state index is 14.6. The molecule has 1 N–H and O–H groups in total. The van der Waals surface area contributed by atoms with Gasteiger partial charge in [-0.2, -0.15) is 4.79 Å². The van der Waals surface area contributed by atoms with Crippen LogP contribution in [0.2, 0.25) is 0 Å². The van der Waals surface area contributed by atoms with E-state index < -0.39 is 27.6 Å². The number of methoxy groups -OCH3 is 1. The van der Waals surface area contributed by atoms with Gasteiger partial charge < -0.3 is 33.5 Å². The summed E-state index contributed by atoms with van der Waals surface area (Å²) in [6, 6.07) is 0. The Hall–Kier alpha value is -6.53. The number of carbonyl (C=O) groups is 8. The van der Waals surface area contributed by atoms with Crippen molar-refractivity contribution in [3.63, 3.8) is 0 Å². The average molecular weight is 2040 g/mol. The SMILES string of the molecule is CC1(C)CC[C@]2(C(=O)C=[N+]=[N-])CC[C@]3(C)[C@H](C(=O)C[C@@H]4[C@@]5(C)Cc6cnoc6C(C)(C)[C@@H]5CC[C@]43C)[C@@H]2C1.CC1(C)CC[C@]2(C(=O)Cl)CC[C@]3(C)[C@H](C(=O)C[C@@H]4[C@@]5(C)Cc6cnoc6C(C)(C)[C@@H]5CC[C@]43C)[C@@H]2C1.CC1(C)CC[C@]2(C(=O)O)CC[C@]3(C)[C@H](C(=O)C[C@@H]4[C@@]5(C)Cc6cnoc6C(C)(C)[C@@H]5CC[C@]43C)[C@@H]2C1.COC(=O)[C@]12CCC(C)(C)C[C@H]1[C@H]1C(=O)C[C@@H]3[C@@]4(C)Cc5cnoc5C(C)(C)[C@@H]4CC[C@@]3(C)[C@]1(C)CC2. The number of esters is 1. The zero-order valence-electron chi connectivity index (χ0n) is 95.4. The number of ether oxygens (including phenoxy) is 1. The highest BCUT2D eigenvalue weighted by Crippen LogP contribution is 2.84. The average Bonchev–Trinajstić information content (AvgIpc) is 1.50. The number of hydrogen-bond acceptors (Lipinski definition) is 17. The molecule has 0 radical (unpaired) electrons. The van der Waals surface area contributed by atoms with Crippen LogP contribution in [0, 0.1) is 203 Å². The van der Waals surface area contributed by atoms with E-state index in [4.69, 9.17) is 34.4 Å². The first kappa shape index (κ1) is 106. The lowest BCUT2D eigenvalue weighted by Crippen LogP contribution is -2.69. The predicted molar refractivity (Wildman–Crippen MR) is 564 cm³/mol. The van der Waals surface area contributed by atoms with Crippen LogP contribution >= 0.6 is 11.6 Å². The molecule has 806 valence electrons. The van der Waals surface area contributed by atoms with Crippen LogP contribution in [0.5, 0.6) is 0 Å². The second kappa shape index (κ2) is 33.0. The van der Waals surface area contributed by atoms with Crippen molar-refractivity contribution in [2.24, 2.45) is 203 Å². The van der Waals surface area contributed by atoms with Crippen LogP contribution in [-0.2, 0) is 90.4 Å². The van der Waals surface area contributed by atoms with E-state index in [0.717, 1.165) is 222 Å². The van der Waals surface area contributed by atoms with Gasteiger partial charge in [0, 0.05) is 104 Å². The van der Waals surface area contributed by atoms with Crippen molar-refractivity contribution in [3.8, 4) is 0 Å². The van der Waals surface area contributed by atoms with Gasteiger partial charge in [0.15, 0.2) is 0 Å². The molecule has 0 aromatic carbocycles. The maximum absolute atomic E-state index is 14.6. The van der Waals surface area contributed by atoms with E-state index in [1.165, 1.54) is 29.4 Å². The minimum Gasteiger partial charge on any atom is -0.481 e. The van der Waals surface area contributed by atoms with Crippen molar-refractivity contribution in [2.75, 3.05) is 7.11 Å². The number of aliphatic carboxylic acids is 1. The van der Waals surface area contributed by atoms with Crippen LogP contribution in [0.1, 0.15) is 445 Å². The Bertz CT molecular complexity index is 5950. The number of hydrogen-bond donors (Lipinski definition) is 1. The summed E-state index contributed by atoms with van der Waals surface area (Å²) in [5, 5.41) is 27.2. The maximum Gasteiger partial charge on any atom is 0.323 e. The summed E-state index contributed by atoms with van der Waals surface area (Å²) < 4.78 is 28.7. The summed E-state index contributed by atoms with van der Waals surface area (Å²) in [7, 11) is 1.54. The van der Waals surface area contributed by atoms with Crippen molar-refractivity contribution in [1.82, 2.24) is 20.6 Å². The van der Waals surface area contributed by atoms with Gasteiger partial charge in [-0.25, -0.2) is 0 Å². The first-order chi connectivity index (χ1) is 68.1. The van der Waals surface area contributed by atoms with Gasteiger partial charge in [0.25, 0.3) is 0 Å². The minimum absolute atomic E-state index is 0.00113. The van der Waals surface area contributed by atoms with Crippen molar-refractivity contribution in [2.45, 2.75) is 447 Å². The summed E-state index contributed by atoms with van der Waals surface area (Å²) in [6.07, 6.45) is 41.4. The Morgan fingerprint density at radius 3 is 0.837 bits per heavy atom. The van der Waals surface area contributed by atoms with E-state index in [0.29, 0.717) is 97.2 Å². The zero-order valence-corrected chi connectivity index (χ0v) is 96.2. The Labute approximate surface area is 882 Å². The second-order valence-electron chi connectivity index (χ2n) is 63.0. The molecular weight excluding hydrogens is 1860 g/mol. The van der Waals surface area contributed by atoms with Gasteiger partial charge in [0.05, 0.1) is 42.7 Å². The van der Waals surface area contributed by atoms with E-state index in [2.05, 4.69) is 219 Å². The van der Waals surface area contributed by atoms with Crippen LogP contribution in [0.3, 0.4) is 0 Å². The normalized spacial score (nSPS) is 47.7. The number of carboxylic acid groups (broad SMARTS) is 1. The third kappa shape index (κ3) is 14.0. The molecule has 20 aliphatic carbocycles. The fourth-order valence-electron chi connectivity index (χ4n) is 45.9. The van der Waals surface area contributed by atoms with Gasteiger partial charge in [-0.15, -0.1) is 0 Å². The van der Waals surface area contributed by atoms with E-state index in [1.54, 1.807) is 0 Å². The minimum atomic E-state index is -0.732. The lowest BCUT2D eigenvalue weighted by molar-refractivity contribution is -0.231. The molecular formula is C126H181ClN6O14. The number of carboxylic acids is 1. The Morgan fingerprint density at radius 2 is 0.565 bits per heavy atom. The smallest absolute Gasteiger partial charge is 0.323 e. The van der Waals surface area contributed by atoms with Crippen LogP contribution in [0.15, 0.2) is 42.9 Å². The summed E-state index contributed by atoms with van der Waals surface area (Å²) in [6.45, 7) is 66.4. The number of nitrogens with zero attached hydrogens (tertiary/aromatic N) is 6. The molecule has 16 saturated carbocycles. The van der Waals surface area contributed by atoms with Crippen LogP contribution < -0.4 is 0 Å². The molecule has 20 aliphatic rings. The first-order valence-electron chi connectivity index (χ1n) is 58.2. The molecule has 4 heterocycles. The van der Waals surface area contributed by atoms with E-state index >= 15 is 0 Å². The van der Waals surface area contributed by atoms with Crippen molar-refractivity contribution in [3.05, 3.63) is 75.6 Å². The van der Waals surface area contributed by atoms with Crippen molar-refractivity contribution < 1.29 is 71.1 Å². The zero-order chi connectivity index (χ0) is 107. The summed E-state index contributed by atoms with van der Waals surface area (Å²) in [5.74, 6) is 7.55. The lowest BCUT2D eigenvalue weighted by atomic mass is 9.31. The van der Waals surface area contributed by atoms with Crippen LogP contribution in [-0.4, -0.2) is 89.9 Å². The monoisotopic (exact) mass is 2040 g/mol. The highest BCUT2D eigenvalue weighted by Gasteiger charge is 2.81. The Kier molecular flexibility index (Phi) is 23.9. The fraction of sp³-hybridized carbons (Fsp3) is 0.833. The summed E-state index contributed by atoms with van der Waals surface area (Å²) in [4.78, 5) is 114. The number of carbonyl (C=O) groups excluding carboxylic acids is 7. The number of fused-ring (bicyclic) bond motifs is 32. The number of halogens is 1. The molecule has 0 aliphatic heterocycles. The number of rotatable bonds is 5. The molecule has 0 amide bonds. The van der Waals surface area contributed by atoms with Gasteiger partial charge in [-0.1, -0.05) is 214 Å². The molecule has 24 rings (SSSR count). The standard InChI is InChI=1S/C32H45N3O3.C32H47NO4.C31H44ClNO3.C31H45NO4/c1-27(2)10-12-32(24(37)18-34-33)13-11-31(7)25(20(32)16-27)21(36)14-23-29(5)15-19-17-35-38-26(19)28(3,4)22(29)8-9-30(23,31)6;1-27(2)11-13-32(26(35)36-8)14-12-31(7)24(20(32)17-27)21(34)15-23-29(5)16-19-18-33-37-25(19)28(3,4)22(29)9-10-30(23,31)6;1-26(2)10-12-31(25(32)35)13-11-30(7)23(19(31)16-26)20(34)14-22-28(5)15-18-17-33-36-24(18)27(3,4)21(28)8-9-29(22,30)6;1-26(2)10-12-31(25(34)35)13-11-30(7)23(19(31)16-26)20(33)14-22-28(5)15-18-17-32-36-24(18)27(3,4)21(28)8-9-29(22,30)6/h17-18,20,22-23,25H,8-16H2,1-7H3;18,20,22-24H,9-17H2,1-8H3;17,19,21-23H,8-16H2,1-7H3;17,19,21-23H,8-16H2,1-7H3,(H,34,35)/t20-,22-,23+,25-,29-,30+,31+,32-;20-,22-,23+,24-,29-,30+,31+,32-;2*19-,21-,22+,23-,28-,29+,30+,31-/m0000/s1. The Morgan fingerprint density at radius 1 is 0.333 bits per heavy atom. The highest BCUT2D eigenvalue weighted by atomic mass is 35.5. The Balaban J connectivity index is 0.000000115. The van der Waals surface area contributed by atoms with Crippen molar-refractivity contribution >= 4 is 63.9 Å². The van der Waals surface area contributed by atoms with E-state index in [9.17, 15) is 49.0 Å².